The monoisotopic (exact) mass is 333 g/mol. The van der Waals surface area contributed by atoms with E-state index in [1.54, 1.807) is 0 Å². The Hall–Kier alpha value is -1.99. The van der Waals surface area contributed by atoms with Gasteiger partial charge in [0.15, 0.2) is 6.61 Å². The fourth-order valence-corrected chi connectivity index (χ4v) is 3.27. The molecule has 23 heavy (non-hydrogen) atoms. The van der Waals surface area contributed by atoms with E-state index in [0.29, 0.717) is 5.13 Å². The summed E-state index contributed by atoms with van der Waals surface area (Å²) >= 11 is 1.35. The highest BCUT2D eigenvalue weighted by Gasteiger charge is 2.22. The highest BCUT2D eigenvalue weighted by molar-refractivity contribution is 7.15. The van der Waals surface area contributed by atoms with Crippen molar-refractivity contribution in [3.8, 4) is 5.75 Å². The lowest BCUT2D eigenvalue weighted by atomic mass is 10.1. The smallest absolute Gasteiger partial charge is 0.264 e. The van der Waals surface area contributed by atoms with Gasteiger partial charge in [0.25, 0.3) is 5.91 Å². The summed E-state index contributed by atoms with van der Waals surface area (Å²) in [4.78, 5) is 12.0. The van der Waals surface area contributed by atoms with Crippen LogP contribution in [0.2, 0.25) is 0 Å². The summed E-state index contributed by atoms with van der Waals surface area (Å²) in [5, 5.41) is 12.1. The second-order valence-corrected chi connectivity index (χ2v) is 6.25. The molecule has 0 spiro atoms. The first-order chi connectivity index (χ1) is 11.3. The van der Waals surface area contributed by atoms with Gasteiger partial charge in [-0.05, 0) is 30.9 Å². The Labute approximate surface area is 138 Å². The first-order valence-electron chi connectivity index (χ1n) is 7.72. The molecule has 6 nitrogen and oxygen atoms in total. The number of amides is 1. The predicted molar refractivity (Wildman–Crippen MR) is 87.8 cm³/mol. The van der Waals surface area contributed by atoms with Gasteiger partial charge in [-0.3, -0.25) is 10.1 Å². The van der Waals surface area contributed by atoms with Crippen molar-refractivity contribution in [2.75, 3.05) is 18.5 Å². The summed E-state index contributed by atoms with van der Waals surface area (Å²) in [5.41, 5.74) is 1.08. The molecule has 1 aromatic carbocycles. The molecular weight excluding hydrogens is 314 g/mol. The van der Waals surface area contributed by atoms with E-state index in [2.05, 4.69) is 22.4 Å². The number of rotatable bonds is 6. The Morgan fingerprint density at radius 3 is 3.09 bits per heavy atom. The van der Waals surface area contributed by atoms with Gasteiger partial charge >= 0.3 is 0 Å². The first-order valence-corrected chi connectivity index (χ1v) is 8.53. The van der Waals surface area contributed by atoms with E-state index in [0.717, 1.165) is 42.2 Å². The van der Waals surface area contributed by atoms with E-state index in [1.165, 1.54) is 11.3 Å². The van der Waals surface area contributed by atoms with Gasteiger partial charge in [-0.2, -0.15) is 0 Å². The molecule has 0 saturated carbocycles. The maximum atomic E-state index is 12.0. The number of carbonyl (C=O) groups excluding carboxylic acids is 1. The number of hydrogen-bond acceptors (Lipinski definition) is 6. The Morgan fingerprint density at radius 2 is 2.30 bits per heavy atom. The molecule has 1 saturated heterocycles. The summed E-state index contributed by atoms with van der Waals surface area (Å²) in [5.74, 6) is 0.494. The van der Waals surface area contributed by atoms with Crippen LogP contribution in [0.4, 0.5) is 5.13 Å². The average molecular weight is 333 g/mol. The van der Waals surface area contributed by atoms with E-state index in [9.17, 15) is 4.79 Å². The van der Waals surface area contributed by atoms with Crippen molar-refractivity contribution in [2.24, 2.45) is 0 Å². The molecule has 7 heteroatoms. The van der Waals surface area contributed by atoms with E-state index >= 15 is 0 Å². The fraction of sp³-hybridized carbons (Fsp3) is 0.438. The van der Waals surface area contributed by atoms with Gasteiger partial charge in [-0.15, -0.1) is 10.2 Å². The lowest BCUT2D eigenvalue weighted by Crippen LogP contribution is -2.20. The molecular formula is C16H19N3O3S. The topological polar surface area (TPSA) is 73.3 Å². The molecule has 1 fully saturated rings. The molecule has 1 amide bonds. The molecule has 2 heterocycles. The number of ether oxygens (including phenoxy) is 2. The van der Waals surface area contributed by atoms with Gasteiger partial charge in [-0.25, -0.2) is 0 Å². The molecule has 3 rings (SSSR count). The second kappa shape index (κ2) is 7.52. The number of hydrogen-bond donors (Lipinski definition) is 1. The van der Waals surface area contributed by atoms with Crippen LogP contribution in [-0.4, -0.2) is 29.3 Å². The summed E-state index contributed by atoms with van der Waals surface area (Å²) in [6, 6.07) is 7.71. The molecule has 0 bridgehead atoms. The summed E-state index contributed by atoms with van der Waals surface area (Å²) < 4.78 is 11.1. The van der Waals surface area contributed by atoms with E-state index < -0.39 is 0 Å². The normalized spacial score (nSPS) is 17.2. The zero-order chi connectivity index (χ0) is 16.1. The van der Waals surface area contributed by atoms with E-state index in [-0.39, 0.29) is 18.6 Å². The molecule has 122 valence electrons. The summed E-state index contributed by atoms with van der Waals surface area (Å²) in [7, 11) is 0. The van der Waals surface area contributed by atoms with Crippen LogP contribution in [0.5, 0.6) is 5.75 Å². The van der Waals surface area contributed by atoms with Crippen molar-refractivity contribution >= 4 is 22.4 Å². The van der Waals surface area contributed by atoms with Crippen molar-refractivity contribution in [1.29, 1.82) is 0 Å². The standard InChI is InChI=1S/C16H19N3O3S/c1-2-11-6-3-4-7-12(11)22-10-14(20)17-16-19-18-15(23-16)13-8-5-9-21-13/h3-4,6-7,13H,2,5,8-10H2,1H3,(H,17,19,20). The lowest BCUT2D eigenvalue weighted by molar-refractivity contribution is -0.118. The van der Waals surface area contributed by atoms with E-state index in [1.807, 2.05) is 24.3 Å². The molecule has 1 aliphatic heterocycles. The molecule has 2 aromatic rings. The van der Waals surface area contributed by atoms with Gasteiger partial charge < -0.3 is 9.47 Å². The van der Waals surface area contributed by atoms with Crippen LogP contribution in [-0.2, 0) is 16.0 Å². The van der Waals surface area contributed by atoms with Crippen LogP contribution in [0.15, 0.2) is 24.3 Å². The first kappa shape index (κ1) is 15.9. The number of benzene rings is 1. The van der Waals surface area contributed by atoms with E-state index in [4.69, 9.17) is 9.47 Å². The number of para-hydroxylation sites is 1. The number of anilines is 1. The summed E-state index contributed by atoms with van der Waals surface area (Å²) in [6.07, 6.45) is 2.88. The minimum atomic E-state index is -0.244. The highest BCUT2D eigenvalue weighted by atomic mass is 32.1. The number of carbonyl (C=O) groups is 1. The molecule has 1 aliphatic rings. The van der Waals surface area contributed by atoms with Crippen LogP contribution in [0.1, 0.15) is 36.4 Å². The van der Waals surface area contributed by atoms with Gasteiger partial charge in [0, 0.05) is 6.61 Å². The average Bonchev–Trinajstić information content (AvgIpc) is 3.24. The Kier molecular flexibility index (Phi) is 5.19. The third-order valence-corrected chi connectivity index (χ3v) is 4.54. The third-order valence-electron chi connectivity index (χ3n) is 3.60. The van der Waals surface area contributed by atoms with Crippen molar-refractivity contribution in [1.82, 2.24) is 10.2 Å². The van der Waals surface area contributed by atoms with Crippen molar-refractivity contribution in [3.63, 3.8) is 0 Å². The lowest BCUT2D eigenvalue weighted by Gasteiger charge is -2.09. The Balaban J connectivity index is 1.53. The minimum Gasteiger partial charge on any atom is -0.483 e. The van der Waals surface area contributed by atoms with Gasteiger partial charge in [0.1, 0.15) is 16.9 Å². The number of aromatic nitrogens is 2. The fourth-order valence-electron chi connectivity index (χ4n) is 2.42. The minimum absolute atomic E-state index is 0.0193. The Bertz CT molecular complexity index is 668. The van der Waals surface area contributed by atoms with Crippen LogP contribution >= 0.6 is 11.3 Å². The maximum absolute atomic E-state index is 12.0. The maximum Gasteiger partial charge on any atom is 0.264 e. The zero-order valence-electron chi connectivity index (χ0n) is 12.9. The second-order valence-electron chi connectivity index (χ2n) is 5.25. The molecule has 1 aromatic heterocycles. The largest absolute Gasteiger partial charge is 0.483 e. The number of aryl methyl sites for hydroxylation is 1. The third kappa shape index (κ3) is 4.05. The molecule has 0 aliphatic carbocycles. The quantitative estimate of drug-likeness (QED) is 0.880. The van der Waals surface area contributed by atoms with Crippen LogP contribution in [0.3, 0.4) is 0 Å². The zero-order valence-corrected chi connectivity index (χ0v) is 13.8. The number of nitrogens with one attached hydrogen (secondary N) is 1. The molecule has 1 unspecified atom stereocenters. The van der Waals surface area contributed by atoms with Crippen LogP contribution < -0.4 is 10.1 Å². The van der Waals surface area contributed by atoms with Crippen molar-refractivity contribution in [3.05, 3.63) is 34.8 Å². The molecule has 0 radical (unpaired) electrons. The molecule has 1 N–H and O–H groups in total. The van der Waals surface area contributed by atoms with Gasteiger partial charge in [0.2, 0.25) is 5.13 Å². The molecule has 1 atom stereocenters. The van der Waals surface area contributed by atoms with Crippen molar-refractivity contribution < 1.29 is 14.3 Å². The van der Waals surface area contributed by atoms with Crippen LogP contribution in [0, 0.1) is 0 Å². The number of nitrogens with zero attached hydrogens (tertiary/aromatic N) is 2. The van der Waals surface area contributed by atoms with Crippen LogP contribution in [0.25, 0.3) is 0 Å². The highest BCUT2D eigenvalue weighted by Crippen LogP contribution is 2.31. The predicted octanol–water partition coefficient (Wildman–Crippen LogP) is 2.97. The van der Waals surface area contributed by atoms with Gasteiger partial charge in [-0.1, -0.05) is 36.5 Å². The SMILES string of the molecule is CCc1ccccc1OCC(=O)Nc1nnc(C2CCCO2)s1. The van der Waals surface area contributed by atoms with Gasteiger partial charge in [0.05, 0.1) is 0 Å². The summed E-state index contributed by atoms with van der Waals surface area (Å²) in [6.45, 7) is 2.76. The Morgan fingerprint density at radius 1 is 1.43 bits per heavy atom. The van der Waals surface area contributed by atoms with Crippen molar-refractivity contribution in [2.45, 2.75) is 32.3 Å².